The maximum absolute atomic E-state index is 14.0. The maximum atomic E-state index is 14.0. The van der Waals surface area contributed by atoms with Gasteiger partial charge in [-0.05, 0) is 96.5 Å². The Morgan fingerprint density at radius 3 is 1.17 bits per heavy atom. The van der Waals surface area contributed by atoms with Crippen LogP contribution in [0.5, 0.6) is 11.5 Å². The van der Waals surface area contributed by atoms with Crippen molar-refractivity contribution in [2.45, 2.75) is 51.3 Å². The molecule has 0 atom stereocenters. The van der Waals surface area contributed by atoms with E-state index in [0.29, 0.717) is 33.6 Å². The van der Waals surface area contributed by atoms with Gasteiger partial charge in [-0.3, -0.25) is 20.4 Å². The largest absolute Gasteiger partial charge is 0.507 e. The molecular formula is C44H46N8O10S2. The molecule has 4 aromatic rings. The highest BCUT2D eigenvalue weighted by molar-refractivity contribution is 7.90. The van der Waals surface area contributed by atoms with E-state index in [-0.39, 0.29) is 54.3 Å². The van der Waals surface area contributed by atoms with E-state index in [9.17, 15) is 46.9 Å². The summed E-state index contributed by atoms with van der Waals surface area (Å²) in [5.41, 5.74) is 12.9. The van der Waals surface area contributed by atoms with Crippen LogP contribution in [0.25, 0.3) is 33.4 Å². The number of anilines is 2. The summed E-state index contributed by atoms with van der Waals surface area (Å²) in [5.74, 6) is -6.03. The molecule has 14 N–H and O–H groups in total. The number of hydrogen-bond donors (Lipinski definition) is 12. The Morgan fingerprint density at radius 2 is 0.891 bits per heavy atom. The molecule has 18 nitrogen and oxygen atoms in total. The Bertz CT molecular complexity index is 2850. The summed E-state index contributed by atoms with van der Waals surface area (Å²) in [7, 11) is -8.27. The van der Waals surface area contributed by atoms with Crippen molar-refractivity contribution >= 4 is 77.2 Å². The van der Waals surface area contributed by atoms with E-state index in [2.05, 4.69) is 10.6 Å². The van der Waals surface area contributed by atoms with E-state index < -0.39 is 78.4 Å². The maximum Gasteiger partial charge on any atom is 0.264 e. The number of aliphatic hydroxyl groups excluding tert-OH is 2. The fraction of sp³-hybridized carbons (Fsp3) is 0.182. The summed E-state index contributed by atoms with van der Waals surface area (Å²) >= 11 is 0. The Kier molecular flexibility index (Phi) is 12.2. The molecule has 0 aliphatic heterocycles. The lowest BCUT2D eigenvalue weighted by Gasteiger charge is -2.29. The number of nitrogens with one attached hydrogen (secondary N) is 6. The summed E-state index contributed by atoms with van der Waals surface area (Å²) in [6, 6.07) is 13.8. The predicted octanol–water partition coefficient (Wildman–Crippen LogP) is 5.65. The van der Waals surface area contributed by atoms with Crippen LogP contribution in [-0.4, -0.2) is 60.7 Å². The smallest absolute Gasteiger partial charge is 0.264 e. The van der Waals surface area contributed by atoms with Crippen molar-refractivity contribution in [1.29, 1.82) is 10.8 Å². The summed E-state index contributed by atoms with van der Waals surface area (Å²) in [5, 5.41) is 67.8. The highest BCUT2D eigenvalue weighted by atomic mass is 32.2. The Hall–Kier alpha value is -7.58. The number of carbonyl (C=O) groups is 2. The van der Waals surface area contributed by atoms with Crippen LogP contribution < -0.4 is 31.5 Å². The molecule has 64 heavy (non-hydrogen) atoms. The van der Waals surface area contributed by atoms with Crippen molar-refractivity contribution < 1.29 is 46.9 Å². The predicted molar refractivity (Wildman–Crippen MR) is 244 cm³/mol. The number of aliphatic hydroxyl groups is 2. The molecule has 6 rings (SSSR count). The molecule has 0 heterocycles. The molecule has 0 bridgehead atoms. The van der Waals surface area contributed by atoms with Crippen molar-refractivity contribution in [3.8, 4) is 22.6 Å². The van der Waals surface area contributed by atoms with Gasteiger partial charge in [0.1, 0.15) is 11.5 Å². The Balaban J connectivity index is 1.52. The van der Waals surface area contributed by atoms with E-state index >= 15 is 0 Å². The van der Waals surface area contributed by atoms with Gasteiger partial charge in [-0.2, -0.15) is 0 Å². The number of fused-ring (bicyclic) bond motifs is 2. The van der Waals surface area contributed by atoms with Gasteiger partial charge in [0, 0.05) is 57.2 Å². The topological polar surface area (TPSA) is 331 Å². The number of allylic oxidation sites excluding steroid dienone is 4. The molecular weight excluding hydrogens is 865 g/mol. The van der Waals surface area contributed by atoms with Crippen LogP contribution in [0, 0.1) is 36.5 Å². The number of sulfonamides is 2. The second-order valence-electron chi connectivity index (χ2n) is 15.7. The number of carbonyl (C=O) groups excluding carboxylic acids is 2. The number of nitrogens with two attached hydrogens (primary N) is 2. The van der Waals surface area contributed by atoms with Gasteiger partial charge in [-0.1, -0.05) is 39.8 Å². The molecule has 0 fully saturated rings. The van der Waals surface area contributed by atoms with E-state index in [1.165, 1.54) is 60.9 Å². The molecule has 2 aliphatic carbocycles. The summed E-state index contributed by atoms with van der Waals surface area (Å²) < 4.78 is 53.8. The van der Waals surface area contributed by atoms with Crippen molar-refractivity contribution in [1.82, 2.24) is 9.44 Å². The fourth-order valence-corrected chi connectivity index (χ4v) is 9.61. The van der Waals surface area contributed by atoms with Gasteiger partial charge in [0.25, 0.3) is 20.0 Å². The quantitative estimate of drug-likeness (QED) is 0.0492. The van der Waals surface area contributed by atoms with Crippen LogP contribution in [0.2, 0.25) is 0 Å². The Morgan fingerprint density at radius 1 is 0.578 bits per heavy atom. The first-order valence-electron chi connectivity index (χ1n) is 19.5. The number of aromatic hydroxyl groups is 2. The van der Waals surface area contributed by atoms with Crippen LogP contribution in [0.15, 0.2) is 94.4 Å². The van der Waals surface area contributed by atoms with Crippen LogP contribution >= 0.6 is 0 Å². The number of aryl methyl sites for hydroxylation is 2. The zero-order valence-electron chi connectivity index (χ0n) is 35.3. The van der Waals surface area contributed by atoms with E-state index in [0.717, 1.165) is 0 Å². The van der Waals surface area contributed by atoms with E-state index in [4.69, 9.17) is 22.3 Å². The Labute approximate surface area is 368 Å². The summed E-state index contributed by atoms with van der Waals surface area (Å²) in [4.78, 5) is 27.6. The number of Topliss-reactive ketones (excluding diaryl/α,β-unsaturated/α-hetero) is 2. The molecule has 334 valence electrons. The lowest BCUT2D eigenvalue weighted by atomic mass is 9.75. The molecule has 0 spiro atoms. The van der Waals surface area contributed by atoms with Gasteiger partial charge in [0.15, 0.2) is 23.4 Å². The average Bonchev–Trinajstić information content (AvgIpc) is 3.19. The third-order valence-electron chi connectivity index (χ3n) is 10.5. The minimum atomic E-state index is -4.14. The summed E-state index contributed by atoms with van der Waals surface area (Å²) in [6.45, 7) is 10.4. The SMILES string of the molecule is Cc1cc2c(c(O)c1-c1c(C)cc3c(c1O)/C(=C/Nc1ccc(S(=O)(=O)NC(=N)N)cc1)C(=O)C(O)=C3C(C)C)C(=CNc1ccc(S(=O)(=O)NC(=N)N)cc1)C(=O)C(O)=C2C(C)C. The van der Waals surface area contributed by atoms with Gasteiger partial charge in [0.05, 0.1) is 20.9 Å². The second-order valence-corrected chi connectivity index (χ2v) is 19.0. The fourth-order valence-electron chi connectivity index (χ4n) is 7.81. The number of benzene rings is 4. The molecule has 0 saturated carbocycles. The van der Waals surface area contributed by atoms with Crippen molar-refractivity contribution in [3.63, 3.8) is 0 Å². The monoisotopic (exact) mass is 910 g/mol. The normalized spacial score (nSPS) is 15.4. The van der Waals surface area contributed by atoms with Gasteiger partial charge in [-0.15, -0.1) is 0 Å². The molecule has 0 aromatic heterocycles. The van der Waals surface area contributed by atoms with Crippen LogP contribution in [-0.2, 0) is 29.6 Å². The van der Waals surface area contributed by atoms with E-state index in [1.807, 2.05) is 9.44 Å². The lowest BCUT2D eigenvalue weighted by Crippen LogP contribution is -2.35. The minimum Gasteiger partial charge on any atom is -0.507 e. The van der Waals surface area contributed by atoms with Gasteiger partial charge < -0.3 is 42.5 Å². The highest BCUT2D eigenvalue weighted by Crippen LogP contribution is 2.53. The molecule has 0 amide bonds. The second kappa shape index (κ2) is 16.9. The molecule has 20 heteroatoms. The number of guanidine groups is 2. The highest BCUT2D eigenvalue weighted by Gasteiger charge is 2.38. The van der Waals surface area contributed by atoms with Gasteiger partial charge >= 0.3 is 0 Å². The minimum absolute atomic E-state index is 0.0128. The average molecular weight is 911 g/mol. The number of phenolic OH excluding ortho intramolecular Hbond substituents is 2. The van der Waals surface area contributed by atoms with Crippen molar-refractivity contribution in [2.75, 3.05) is 10.6 Å². The van der Waals surface area contributed by atoms with Crippen LogP contribution in [0.4, 0.5) is 11.4 Å². The van der Waals surface area contributed by atoms with Crippen LogP contribution in [0.3, 0.4) is 0 Å². The van der Waals surface area contributed by atoms with E-state index in [1.54, 1.807) is 53.7 Å². The van der Waals surface area contributed by atoms with Crippen molar-refractivity contribution in [3.05, 3.63) is 118 Å². The number of ketones is 2. The first-order chi connectivity index (χ1) is 29.9. The van der Waals surface area contributed by atoms with Crippen LogP contribution in [0.1, 0.15) is 61.1 Å². The van der Waals surface area contributed by atoms with Gasteiger partial charge in [0.2, 0.25) is 11.6 Å². The molecule has 0 radical (unpaired) electrons. The lowest BCUT2D eigenvalue weighted by molar-refractivity contribution is -0.113. The zero-order chi connectivity index (χ0) is 47.3. The number of rotatable bonds is 11. The molecule has 2 aliphatic rings. The first kappa shape index (κ1) is 45.9. The third-order valence-corrected chi connectivity index (χ3v) is 13.3. The first-order valence-corrected chi connectivity index (χ1v) is 22.4. The zero-order valence-corrected chi connectivity index (χ0v) is 36.9. The number of hydrogen-bond acceptors (Lipinski definition) is 14. The molecule has 0 saturated heterocycles. The summed E-state index contributed by atoms with van der Waals surface area (Å²) in [6.07, 6.45) is 2.50. The molecule has 4 aromatic carbocycles. The standard InChI is InChI=1S/C44H46N8O10S2/c1-19(2)31-27-15-21(5)33(39(55)35(27)29(37(53)41(31)57)17-49-23-7-11-25(12-8-23)63(59,60)51-43(45)46)34-22(6)16-28-32(20(3)4)42(58)38(54)30(36(28)40(34)56)18-50-24-9-13-26(14-10-24)64(61,62)52-44(47)48/h7-20,49-50,55-58H,1-6H3,(H4,45,46,51)(H4,47,48,52)/b29-17-,30-18?. The van der Waals surface area contributed by atoms with Gasteiger partial charge in [-0.25, -0.2) is 26.3 Å². The third kappa shape index (κ3) is 8.34. The molecule has 0 unspecified atom stereocenters. The van der Waals surface area contributed by atoms with Crippen molar-refractivity contribution in [2.24, 2.45) is 23.3 Å². The number of phenols is 2.